The first-order chi connectivity index (χ1) is 8.46. The molecule has 0 aromatic heterocycles. The van der Waals surface area contributed by atoms with Gasteiger partial charge in [0.05, 0.1) is 11.5 Å². The van der Waals surface area contributed by atoms with Crippen LogP contribution in [-0.4, -0.2) is 57.0 Å². The second-order valence-corrected chi connectivity index (χ2v) is 8.51. The van der Waals surface area contributed by atoms with E-state index in [0.717, 1.165) is 39.0 Å². The van der Waals surface area contributed by atoms with Crippen molar-refractivity contribution in [1.82, 2.24) is 10.2 Å². The van der Waals surface area contributed by atoms with Crippen LogP contribution in [0.15, 0.2) is 0 Å². The van der Waals surface area contributed by atoms with Gasteiger partial charge in [0.25, 0.3) is 0 Å². The van der Waals surface area contributed by atoms with Crippen molar-refractivity contribution < 1.29 is 8.42 Å². The van der Waals surface area contributed by atoms with Crippen molar-refractivity contribution in [2.75, 3.05) is 37.7 Å². The summed E-state index contributed by atoms with van der Waals surface area (Å²) in [5.41, 5.74) is 0. The third-order valence-corrected chi connectivity index (χ3v) is 5.83. The van der Waals surface area contributed by atoms with Crippen LogP contribution in [0.4, 0.5) is 0 Å². The molecule has 2 aliphatic heterocycles. The Morgan fingerprint density at radius 3 is 2.00 bits per heavy atom. The SMILES string of the molecule is CC1CNCC(C)CN(C2CCS(=O)(=O)CC2)C1. The summed E-state index contributed by atoms with van der Waals surface area (Å²) in [5.74, 6) is 2.07. The highest BCUT2D eigenvalue weighted by Gasteiger charge is 2.30. The first-order valence-electron chi connectivity index (χ1n) is 7.11. The van der Waals surface area contributed by atoms with Crippen LogP contribution in [0.5, 0.6) is 0 Å². The van der Waals surface area contributed by atoms with Crippen LogP contribution in [0, 0.1) is 11.8 Å². The summed E-state index contributed by atoms with van der Waals surface area (Å²) in [4.78, 5) is 2.55. The molecule has 0 aromatic carbocycles. The molecule has 2 aliphatic rings. The molecule has 2 atom stereocenters. The summed E-state index contributed by atoms with van der Waals surface area (Å²) < 4.78 is 23.0. The van der Waals surface area contributed by atoms with E-state index in [9.17, 15) is 8.42 Å². The summed E-state index contributed by atoms with van der Waals surface area (Å²) in [6, 6.07) is 0.483. The van der Waals surface area contributed by atoms with Crippen LogP contribution in [0.25, 0.3) is 0 Å². The summed E-state index contributed by atoms with van der Waals surface area (Å²) >= 11 is 0. The minimum Gasteiger partial charge on any atom is -0.316 e. The molecule has 2 unspecified atom stereocenters. The summed E-state index contributed by atoms with van der Waals surface area (Å²) in [6.45, 7) is 8.90. The van der Waals surface area contributed by atoms with Crippen molar-refractivity contribution >= 4 is 9.84 Å². The molecule has 1 N–H and O–H groups in total. The molecular weight excluding hydrogens is 248 g/mol. The predicted molar refractivity (Wildman–Crippen MR) is 74.4 cm³/mol. The van der Waals surface area contributed by atoms with Gasteiger partial charge in [0.2, 0.25) is 0 Å². The highest BCUT2D eigenvalue weighted by Crippen LogP contribution is 2.21. The molecule has 0 spiro atoms. The molecule has 2 heterocycles. The van der Waals surface area contributed by atoms with Crippen LogP contribution in [-0.2, 0) is 9.84 Å². The van der Waals surface area contributed by atoms with Crippen molar-refractivity contribution in [3.63, 3.8) is 0 Å². The Morgan fingerprint density at radius 1 is 1.00 bits per heavy atom. The van der Waals surface area contributed by atoms with Crippen molar-refractivity contribution in [3.8, 4) is 0 Å². The molecule has 5 heteroatoms. The summed E-state index contributed by atoms with van der Waals surface area (Å²) in [6.07, 6.45) is 1.66. The topological polar surface area (TPSA) is 49.4 Å². The Hall–Kier alpha value is -0.130. The van der Waals surface area contributed by atoms with Crippen LogP contribution >= 0.6 is 0 Å². The Kier molecular flexibility index (Phi) is 4.67. The van der Waals surface area contributed by atoms with E-state index in [0.29, 0.717) is 29.4 Å². The molecule has 2 fully saturated rings. The third-order valence-electron chi connectivity index (χ3n) is 4.12. The monoisotopic (exact) mass is 274 g/mol. The molecule has 0 bridgehead atoms. The molecule has 2 saturated heterocycles. The third kappa shape index (κ3) is 3.93. The lowest BCUT2D eigenvalue weighted by Crippen LogP contribution is -2.49. The predicted octanol–water partition coefficient (Wildman–Crippen LogP) is 0.741. The maximum Gasteiger partial charge on any atom is 0.150 e. The van der Waals surface area contributed by atoms with Crippen molar-refractivity contribution in [1.29, 1.82) is 0 Å². The number of hydrogen-bond acceptors (Lipinski definition) is 4. The molecule has 0 aliphatic carbocycles. The zero-order valence-electron chi connectivity index (χ0n) is 11.6. The number of nitrogens with zero attached hydrogens (tertiary/aromatic N) is 1. The average Bonchev–Trinajstić information content (AvgIpc) is 2.26. The van der Waals surface area contributed by atoms with E-state index in [4.69, 9.17) is 0 Å². The highest BCUT2D eigenvalue weighted by atomic mass is 32.2. The Morgan fingerprint density at radius 2 is 1.50 bits per heavy atom. The van der Waals surface area contributed by atoms with Crippen LogP contribution in [0.3, 0.4) is 0 Å². The van der Waals surface area contributed by atoms with Gasteiger partial charge in [-0.15, -0.1) is 0 Å². The van der Waals surface area contributed by atoms with Gasteiger partial charge < -0.3 is 5.32 Å². The van der Waals surface area contributed by atoms with Crippen LogP contribution < -0.4 is 5.32 Å². The molecule has 0 saturated carbocycles. The zero-order chi connectivity index (χ0) is 13.2. The summed E-state index contributed by atoms with van der Waals surface area (Å²) in [7, 11) is -2.74. The van der Waals surface area contributed by atoms with Gasteiger partial charge >= 0.3 is 0 Å². The fraction of sp³-hybridized carbons (Fsp3) is 1.00. The van der Waals surface area contributed by atoms with Gasteiger partial charge in [-0.1, -0.05) is 13.8 Å². The van der Waals surface area contributed by atoms with Gasteiger partial charge in [0.1, 0.15) is 9.84 Å². The van der Waals surface area contributed by atoms with E-state index in [1.807, 2.05) is 0 Å². The lowest BCUT2D eigenvalue weighted by atomic mass is 10.0. The maximum absolute atomic E-state index is 11.5. The van der Waals surface area contributed by atoms with Crippen molar-refractivity contribution in [2.24, 2.45) is 11.8 Å². The average molecular weight is 274 g/mol. The fourth-order valence-corrected chi connectivity index (χ4v) is 4.59. The zero-order valence-corrected chi connectivity index (χ0v) is 12.4. The van der Waals surface area contributed by atoms with E-state index in [-0.39, 0.29) is 0 Å². The van der Waals surface area contributed by atoms with Gasteiger partial charge in [0.15, 0.2) is 0 Å². The summed E-state index contributed by atoms with van der Waals surface area (Å²) in [5, 5.41) is 3.50. The number of hydrogen-bond donors (Lipinski definition) is 1. The minimum absolute atomic E-state index is 0.384. The van der Waals surface area contributed by atoms with Crippen molar-refractivity contribution in [2.45, 2.75) is 32.7 Å². The maximum atomic E-state index is 11.5. The molecule has 18 heavy (non-hydrogen) atoms. The molecule has 106 valence electrons. The number of nitrogens with one attached hydrogen (secondary N) is 1. The molecule has 0 amide bonds. The smallest absolute Gasteiger partial charge is 0.150 e. The molecular formula is C13H26N2O2S. The number of sulfone groups is 1. The van der Waals surface area contributed by atoms with Crippen molar-refractivity contribution in [3.05, 3.63) is 0 Å². The molecule has 0 radical (unpaired) electrons. The van der Waals surface area contributed by atoms with Gasteiger partial charge in [-0.3, -0.25) is 4.90 Å². The lowest BCUT2D eigenvalue weighted by molar-refractivity contribution is 0.125. The van der Waals surface area contributed by atoms with E-state index in [1.165, 1.54) is 0 Å². The second-order valence-electron chi connectivity index (χ2n) is 6.21. The van der Waals surface area contributed by atoms with Crippen LogP contribution in [0.2, 0.25) is 0 Å². The normalized spacial score (nSPS) is 35.9. The van der Waals surface area contributed by atoms with E-state index < -0.39 is 9.84 Å². The molecule has 4 nitrogen and oxygen atoms in total. The van der Waals surface area contributed by atoms with E-state index in [2.05, 4.69) is 24.1 Å². The Labute approximate surface area is 111 Å². The lowest BCUT2D eigenvalue weighted by Gasteiger charge is -2.39. The van der Waals surface area contributed by atoms with Gasteiger partial charge in [-0.05, 0) is 37.8 Å². The highest BCUT2D eigenvalue weighted by molar-refractivity contribution is 7.91. The second kappa shape index (κ2) is 5.88. The van der Waals surface area contributed by atoms with Gasteiger partial charge in [0, 0.05) is 19.1 Å². The fourth-order valence-electron chi connectivity index (χ4n) is 3.12. The molecule has 2 rings (SSSR count). The Bertz CT molecular complexity index is 343. The largest absolute Gasteiger partial charge is 0.316 e. The van der Waals surface area contributed by atoms with Crippen LogP contribution in [0.1, 0.15) is 26.7 Å². The standard InChI is InChI=1S/C13H26N2O2S/c1-11-7-14-8-12(2)10-15(9-11)13-3-5-18(16,17)6-4-13/h11-14H,3-10H2,1-2H3. The molecule has 0 aromatic rings. The van der Waals surface area contributed by atoms with E-state index >= 15 is 0 Å². The van der Waals surface area contributed by atoms with Gasteiger partial charge in [-0.25, -0.2) is 8.42 Å². The van der Waals surface area contributed by atoms with E-state index in [1.54, 1.807) is 0 Å². The Balaban J connectivity index is 1.96. The minimum atomic E-state index is -2.74. The van der Waals surface area contributed by atoms with Gasteiger partial charge in [-0.2, -0.15) is 0 Å². The first-order valence-corrected chi connectivity index (χ1v) is 8.93. The first kappa shape index (κ1) is 14.3. The number of rotatable bonds is 1. The quantitative estimate of drug-likeness (QED) is 0.766.